The summed E-state index contributed by atoms with van der Waals surface area (Å²) in [5.41, 5.74) is 5.95. The number of nitrogens with one attached hydrogen (secondary N) is 1. The lowest BCUT2D eigenvalue weighted by Gasteiger charge is -2.29. The molecule has 0 fully saturated rings. The van der Waals surface area contributed by atoms with Gasteiger partial charge in [0, 0.05) is 23.4 Å². The van der Waals surface area contributed by atoms with Crippen molar-refractivity contribution >= 4 is 5.69 Å². The van der Waals surface area contributed by atoms with Crippen molar-refractivity contribution in [2.45, 2.75) is 86.1 Å². The molecule has 0 amide bonds. The first kappa shape index (κ1) is 22.3. The first-order valence-corrected chi connectivity index (χ1v) is 10.7. The summed E-state index contributed by atoms with van der Waals surface area (Å²) in [6.45, 7) is 16.4. The summed E-state index contributed by atoms with van der Waals surface area (Å²) in [5.74, 6) is 0.486. The van der Waals surface area contributed by atoms with E-state index >= 15 is 0 Å². The SMILES string of the molecule is CCC(C)(C)CCc1c(O)c(C(C)(C)CC)cc(C)c1NCc1ccccc1. The molecule has 0 saturated carbocycles. The van der Waals surface area contributed by atoms with Crippen molar-refractivity contribution in [3.8, 4) is 5.75 Å². The minimum Gasteiger partial charge on any atom is -0.507 e. The van der Waals surface area contributed by atoms with Gasteiger partial charge in [-0.05, 0) is 54.2 Å². The lowest BCUT2D eigenvalue weighted by atomic mass is 9.78. The average Bonchev–Trinajstić information content (AvgIpc) is 2.68. The molecule has 0 aliphatic rings. The molecule has 0 unspecified atom stereocenters. The first-order chi connectivity index (χ1) is 13.1. The average molecular weight is 382 g/mol. The standard InChI is InChI=1S/C26H39NO/c1-8-25(4,5)16-15-21-23(27-18-20-13-11-10-12-14-20)19(3)17-22(24(21)28)26(6,7)9-2/h10-14,17,27-28H,8-9,15-16,18H2,1-7H3. The van der Waals surface area contributed by atoms with E-state index in [1.54, 1.807) is 0 Å². The topological polar surface area (TPSA) is 32.3 Å². The van der Waals surface area contributed by atoms with Gasteiger partial charge in [-0.15, -0.1) is 0 Å². The minimum absolute atomic E-state index is 0.0399. The van der Waals surface area contributed by atoms with Gasteiger partial charge >= 0.3 is 0 Å². The highest BCUT2D eigenvalue weighted by molar-refractivity contribution is 5.66. The Morgan fingerprint density at radius 1 is 0.964 bits per heavy atom. The maximum atomic E-state index is 11.3. The van der Waals surface area contributed by atoms with Crippen LogP contribution in [0.5, 0.6) is 5.75 Å². The highest BCUT2D eigenvalue weighted by Gasteiger charge is 2.27. The molecule has 2 heteroatoms. The molecule has 2 aromatic rings. The van der Waals surface area contributed by atoms with Gasteiger partial charge in [-0.3, -0.25) is 0 Å². The molecule has 2 nitrogen and oxygen atoms in total. The zero-order chi connectivity index (χ0) is 20.9. The van der Waals surface area contributed by atoms with Crippen molar-refractivity contribution in [2.24, 2.45) is 5.41 Å². The second-order valence-corrected chi connectivity index (χ2v) is 9.54. The third kappa shape index (κ3) is 5.31. The number of anilines is 1. The zero-order valence-corrected chi connectivity index (χ0v) is 18.9. The number of aromatic hydroxyl groups is 1. The molecule has 0 heterocycles. The predicted molar refractivity (Wildman–Crippen MR) is 122 cm³/mol. The Bertz CT molecular complexity index is 775. The van der Waals surface area contributed by atoms with Gasteiger partial charge in [0.05, 0.1) is 0 Å². The number of hydrogen-bond donors (Lipinski definition) is 2. The van der Waals surface area contributed by atoms with Crippen LogP contribution in [0.25, 0.3) is 0 Å². The van der Waals surface area contributed by atoms with Crippen LogP contribution in [0.2, 0.25) is 0 Å². The maximum absolute atomic E-state index is 11.3. The van der Waals surface area contributed by atoms with Crippen molar-refractivity contribution in [3.05, 3.63) is 58.7 Å². The molecule has 28 heavy (non-hydrogen) atoms. The van der Waals surface area contributed by atoms with E-state index in [9.17, 15) is 5.11 Å². The summed E-state index contributed by atoms with van der Waals surface area (Å²) in [5, 5.41) is 14.9. The molecule has 0 saturated heterocycles. The summed E-state index contributed by atoms with van der Waals surface area (Å²) < 4.78 is 0. The van der Waals surface area contributed by atoms with Crippen molar-refractivity contribution in [3.63, 3.8) is 0 Å². The first-order valence-electron chi connectivity index (χ1n) is 10.7. The summed E-state index contributed by atoms with van der Waals surface area (Å²) in [6, 6.07) is 12.6. The fourth-order valence-electron chi connectivity index (χ4n) is 3.50. The van der Waals surface area contributed by atoms with Gasteiger partial charge in [-0.25, -0.2) is 0 Å². The molecule has 0 aliphatic heterocycles. The Morgan fingerprint density at radius 2 is 1.61 bits per heavy atom. The highest BCUT2D eigenvalue weighted by atomic mass is 16.3. The lowest BCUT2D eigenvalue weighted by Crippen LogP contribution is -2.18. The molecule has 0 aliphatic carbocycles. The van der Waals surface area contributed by atoms with Crippen LogP contribution in [-0.2, 0) is 18.4 Å². The van der Waals surface area contributed by atoms with Crippen LogP contribution in [0.3, 0.4) is 0 Å². The highest BCUT2D eigenvalue weighted by Crippen LogP contribution is 2.42. The zero-order valence-electron chi connectivity index (χ0n) is 18.9. The molecular formula is C26H39NO. The number of benzene rings is 2. The fraction of sp³-hybridized carbons (Fsp3) is 0.538. The van der Waals surface area contributed by atoms with Crippen molar-refractivity contribution < 1.29 is 5.11 Å². The molecule has 0 aromatic heterocycles. The number of aryl methyl sites for hydroxylation is 1. The normalized spacial score (nSPS) is 12.2. The summed E-state index contributed by atoms with van der Waals surface area (Å²) in [4.78, 5) is 0. The van der Waals surface area contributed by atoms with E-state index in [-0.39, 0.29) is 10.8 Å². The third-order valence-corrected chi connectivity index (χ3v) is 6.53. The summed E-state index contributed by atoms with van der Waals surface area (Å²) >= 11 is 0. The van der Waals surface area contributed by atoms with Crippen LogP contribution in [0.1, 0.15) is 83.1 Å². The van der Waals surface area contributed by atoms with Crippen LogP contribution < -0.4 is 5.32 Å². The van der Waals surface area contributed by atoms with Gasteiger partial charge in [0.15, 0.2) is 0 Å². The van der Waals surface area contributed by atoms with Crippen LogP contribution in [-0.4, -0.2) is 5.11 Å². The Balaban J connectivity index is 2.44. The van der Waals surface area contributed by atoms with E-state index in [2.05, 4.69) is 84.1 Å². The lowest BCUT2D eigenvalue weighted by molar-refractivity contribution is 0.320. The number of rotatable bonds is 9. The van der Waals surface area contributed by atoms with Gasteiger partial charge in [-0.1, -0.05) is 78.3 Å². The second kappa shape index (κ2) is 9.03. The fourth-order valence-corrected chi connectivity index (χ4v) is 3.50. The second-order valence-electron chi connectivity index (χ2n) is 9.54. The molecule has 2 N–H and O–H groups in total. The van der Waals surface area contributed by atoms with Crippen LogP contribution >= 0.6 is 0 Å². The van der Waals surface area contributed by atoms with Gasteiger partial charge < -0.3 is 10.4 Å². The van der Waals surface area contributed by atoms with Gasteiger partial charge in [0.1, 0.15) is 5.75 Å². The van der Waals surface area contributed by atoms with Crippen LogP contribution in [0, 0.1) is 12.3 Å². The Hall–Kier alpha value is -1.96. The van der Waals surface area contributed by atoms with E-state index < -0.39 is 0 Å². The molecule has 0 atom stereocenters. The maximum Gasteiger partial charge on any atom is 0.124 e. The van der Waals surface area contributed by atoms with Gasteiger partial charge in [-0.2, -0.15) is 0 Å². The minimum atomic E-state index is -0.0399. The summed E-state index contributed by atoms with van der Waals surface area (Å²) in [6.07, 6.45) is 4.08. The molecule has 0 spiro atoms. The van der Waals surface area contributed by atoms with Gasteiger partial charge in [0.2, 0.25) is 0 Å². The number of phenols is 1. The van der Waals surface area contributed by atoms with Gasteiger partial charge in [0.25, 0.3) is 0 Å². The van der Waals surface area contributed by atoms with Crippen LogP contribution in [0.4, 0.5) is 5.69 Å². The quantitative estimate of drug-likeness (QED) is 0.475. The third-order valence-electron chi connectivity index (χ3n) is 6.53. The number of phenolic OH excluding ortho intramolecular Hbond substituents is 1. The van der Waals surface area contributed by atoms with Crippen LogP contribution in [0.15, 0.2) is 36.4 Å². The largest absolute Gasteiger partial charge is 0.507 e. The molecular weight excluding hydrogens is 342 g/mol. The van der Waals surface area contributed by atoms with E-state index in [1.807, 2.05) is 6.07 Å². The Labute approximate surface area is 172 Å². The molecule has 0 bridgehead atoms. The predicted octanol–water partition coefficient (Wildman–Crippen LogP) is 7.37. The van der Waals surface area contributed by atoms with E-state index in [4.69, 9.17) is 0 Å². The Morgan fingerprint density at radius 3 is 2.18 bits per heavy atom. The van der Waals surface area contributed by atoms with E-state index in [0.29, 0.717) is 5.75 Å². The molecule has 2 rings (SSSR count). The van der Waals surface area contributed by atoms with E-state index in [0.717, 1.165) is 49.0 Å². The molecule has 2 aromatic carbocycles. The molecule has 154 valence electrons. The monoisotopic (exact) mass is 381 g/mol. The van der Waals surface area contributed by atoms with Crippen molar-refractivity contribution in [1.82, 2.24) is 0 Å². The van der Waals surface area contributed by atoms with Crippen molar-refractivity contribution in [1.29, 1.82) is 0 Å². The van der Waals surface area contributed by atoms with E-state index in [1.165, 1.54) is 11.1 Å². The summed E-state index contributed by atoms with van der Waals surface area (Å²) in [7, 11) is 0. The smallest absolute Gasteiger partial charge is 0.124 e. The Kier molecular flexibility index (Phi) is 7.20. The molecule has 0 radical (unpaired) electrons. The number of hydrogen-bond acceptors (Lipinski definition) is 2. The van der Waals surface area contributed by atoms with Crippen molar-refractivity contribution in [2.75, 3.05) is 5.32 Å².